The highest BCUT2D eigenvalue weighted by Crippen LogP contribution is 2.62. The van der Waals surface area contributed by atoms with Crippen LogP contribution in [-0.2, 0) is 5.41 Å². The van der Waals surface area contributed by atoms with Gasteiger partial charge in [0.15, 0.2) is 0 Å². The standard InChI is InChI=1S/C17H23ClO/c1-10-8-12-11(9-13(10)18)14(19)15-16(2,3)6-5-7-17(12,15)4/h8-9,14-15,19H,5-7H2,1-4H3/t14-,15-,17-/m0/s1. The van der Waals surface area contributed by atoms with Gasteiger partial charge in [-0.05, 0) is 53.4 Å². The molecule has 1 nitrogen and oxygen atoms in total. The molecule has 2 aliphatic rings. The van der Waals surface area contributed by atoms with Crippen molar-refractivity contribution in [2.75, 3.05) is 0 Å². The van der Waals surface area contributed by atoms with Crippen molar-refractivity contribution < 1.29 is 5.11 Å². The summed E-state index contributed by atoms with van der Waals surface area (Å²) < 4.78 is 0. The Morgan fingerprint density at radius 3 is 2.58 bits per heavy atom. The summed E-state index contributed by atoms with van der Waals surface area (Å²) in [5.41, 5.74) is 3.81. The zero-order valence-electron chi connectivity index (χ0n) is 12.3. The predicted molar refractivity (Wildman–Crippen MR) is 79.6 cm³/mol. The number of fused-ring (bicyclic) bond motifs is 3. The molecule has 0 unspecified atom stereocenters. The third-order valence-electron chi connectivity index (χ3n) is 5.63. The number of aliphatic hydroxyl groups is 1. The van der Waals surface area contributed by atoms with Crippen molar-refractivity contribution in [1.29, 1.82) is 0 Å². The Bertz CT molecular complexity index is 534. The minimum Gasteiger partial charge on any atom is -0.388 e. The lowest BCUT2D eigenvalue weighted by atomic mass is 9.56. The van der Waals surface area contributed by atoms with Gasteiger partial charge in [-0.25, -0.2) is 0 Å². The summed E-state index contributed by atoms with van der Waals surface area (Å²) >= 11 is 6.26. The van der Waals surface area contributed by atoms with Crippen LogP contribution in [0.4, 0.5) is 0 Å². The number of hydrogen-bond acceptors (Lipinski definition) is 1. The fourth-order valence-corrected chi connectivity index (χ4v) is 4.95. The first-order valence-electron chi connectivity index (χ1n) is 7.26. The molecule has 1 fully saturated rings. The Balaban J connectivity index is 2.22. The maximum Gasteiger partial charge on any atom is 0.0835 e. The van der Waals surface area contributed by atoms with Gasteiger partial charge in [-0.15, -0.1) is 0 Å². The van der Waals surface area contributed by atoms with Crippen molar-refractivity contribution in [3.8, 4) is 0 Å². The van der Waals surface area contributed by atoms with Crippen LogP contribution in [0.25, 0.3) is 0 Å². The highest BCUT2D eigenvalue weighted by Gasteiger charge is 2.56. The van der Waals surface area contributed by atoms with E-state index in [0.29, 0.717) is 5.92 Å². The van der Waals surface area contributed by atoms with Crippen LogP contribution < -0.4 is 0 Å². The summed E-state index contributed by atoms with van der Waals surface area (Å²) in [5, 5.41) is 11.6. The van der Waals surface area contributed by atoms with Crippen molar-refractivity contribution in [3.05, 3.63) is 33.8 Å². The maximum atomic E-state index is 10.8. The molecule has 104 valence electrons. The van der Waals surface area contributed by atoms with E-state index >= 15 is 0 Å². The van der Waals surface area contributed by atoms with Gasteiger partial charge in [0.2, 0.25) is 0 Å². The minimum absolute atomic E-state index is 0.103. The van der Waals surface area contributed by atoms with Crippen LogP contribution in [0.2, 0.25) is 5.02 Å². The van der Waals surface area contributed by atoms with Crippen LogP contribution in [0.1, 0.15) is 62.8 Å². The van der Waals surface area contributed by atoms with Gasteiger partial charge in [-0.3, -0.25) is 0 Å². The number of aliphatic hydroxyl groups excluding tert-OH is 1. The van der Waals surface area contributed by atoms with Crippen LogP contribution in [0.5, 0.6) is 0 Å². The van der Waals surface area contributed by atoms with E-state index in [9.17, 15) is 5.11 Å². The first-order chi connectivity index (χ1) is 8.77. The molecule has 1 N–H and O–H groups in total. The molecule has 0 aliphatic heterocycles. The van der Waals surface area contributed by atoms with Crippen molar-refractivity contribution in [2.45, 2.75) is 58.5 Å². The molecule has 0 aromatic heterocycles. The zero-order chi connectivity index (χ0) is 14.0. The number of aryl methyl sites for hydroxylation is 1. The van der Waals surface area contributed by atoms with Gasteiger partial charge in [-0.2, -0.15) is 0 Å². The van der Waals surface area contributed by atoms with E-state index in [2.05, 4.69) is 33.8 Å². The Morgan fingerprint density at radius 1 is 1.21 bits per heavy atom. The van der Waals surface area contributed by atoms with Crippen LogP contribution in [0, 0.1) is 18.3 Å². The molecule has 0 amide bonds. The number of rotatable bonds is 0. The molecule has 0 bridgehead atoms. The molecule has 0 heterocycles. The van der Waals surface area contributed by atoms with Crippen molar-refractivity contribution in [3.63, 3.8) is 0 Å². The van der Waals surface area contributed by atoms with Crippen molar-refractivity contribution in [1.82, 2.24) is 0 Å². The third kappa shape index (κ3) is 1.71. The van der Waals surface area contributed by atoms with Crippen molar-refractivity contribution >= 4 is 11.6 Å². The Kier molecular flexibility index (Phi) is 2.82. The third-order valence-corrected chi connectivity index (χ3v) is 6.03. The van der Waals surface area contributed by atoms with Crippen LogP contribution >= 0.6 is 11.6 Å². The van der Waals surface area contributed by atoms with Gasteiger partial charge >= 0.3 is 0 Å². The quantitative estimate of drug-likeness (QED) is 0.724. The minimum atomic E-state index is -0.367. The van der Waals surface area contributed by atoms with Crippen LogP contribution in [0.15, 0.2) is 12.1 Å². The monoisotopic (exact) mass is 278 g/mol. The van der Waals surface area contributed by atoms with Gasteiger partial charge in [0.25, 0.3) is 0 Å². The number of hydrogen-bond donors (Lipinski definition) is 1. The summed E-state index contributed by atoms with van der Waals surface area (Å²) in [6.07, 6.45) is 3.25. The smallest absolute Gasteiger partial charge is 0.0835 e. The number of benzene rings is 1. The van der Waals surface area contributed by atoms with E-state index in [-0.39, 0.29) is 16.9 Å². The molecular formula is C17H23ClO. The SMILES string of the molecule is Cc1cc2c(cc1Cl)[C@H](O)[C@H]1C(C)(C)CCC[C@@]21C. The summed E-state index contributed by atoms with van der Waals surface area (Å²) in [4.78, 5) is 0. The molecule has 19 heavy (non-hydrogen) atoms. The van der Waals surface area contributed by atoms with Crippen molar-refractivity contribution in [2.24, 2.45) is 11.3 Å². The first kappa shape index (κ1) is 13.5. The molecule has 3 rings (SSSR count). The van der Waals surface area contributed by atoms with E-state index in [0.717, 1.165) is 16.1 Å². The van der Waals surface area contributed by atoms with E-state index in [4.69, 9.17) is 11.6 Å². The van der Waals surface area contributed by atoms with Gasteiger partial charge in [0, 0.05) is 10.9 Å². The normalized spacial score (nSPS) is 35.9. The first-order valence-corrected chi connectivity index (χ1v) is 7.64. The second-order valence-corrected chi connectivity index (χ2v) is 7.78. The molecule has 0 radical (unpaired) electrons. The number of halogens is 1. The van der Waals surface area contributed by atoms with Gasteiger partial charge in [0.05, 0.1) is 6.10 Å². The van der Waals surface area contributed by atoms with Gasteiger partial charge < -0.3 is 5.11 Å². The Morgan fingerprint density at radius 2 is 1.89 bits per heavy atom. The molecular weight excluding hydrogens is 256 g/mol. The molecule has 0 saturated heterocycles. The van der Waals surface area contributed by atoms with Crippen LogP contribution in [0.3, 0.4) is 0 Å². The molecule has 2 aliphatic carbocycles. The van der Waals surface area contributed by atoms with E-state index in [1.54, 1.807) is 0 Å². The molecule has 2 heteroatoms. The lowest BCUT2D eigenvalue weighted by Gasteiger charge is -2.48. The lowest BCUT2D eigenvalue weighted by molar-refractivity contribution is -0.0272. The van der Waals surface area contributed by atoms with Crippen LogP contribution in [-0.4, -0.2) is 5.11 Å². The predicted octanol–water partition coefficient (Wildman–Crippen LogP) is 4.78. The van der Waals surface area contributed by atoms with Gasteiger partial charge in [-0.1, -0.05) is 44.9 Å². The topological polar surface area (TPSA) is 20.2 Å². The zero-order valence-corrected chi connectivity index (χ0v) is 13.0. The highest BCUT2D eigenvalue weighted by atomic mass is 35.5. The second kappa shape index (κ2) is 3.99. The molecule has 0 spiro atoms. The lowest BCUT2D eigenvalue weighted by Crippen LogP contribution is -2.43. The highest BCUT2D eigenvalue weighted by molar-refractivity contribution is 6.31. The van der Waals surface area contributed by atoms with E-state index in [1.165, 1.54) is 24.8 Å². The summed E-state index contributed by atoms with van der Waals surface area (Å²) in [7, 11) is 0. The largest absolute Gasteiger partial charge is 0.388 e. The fourth-order valence-electron chi connectivity index (χ4n) is 4.78. The average Bonchev–Trinajstić information content (AvgIpc) is 2.50. The molecule has 1 aromatic carbocycles. The summed E-state index contributed by atoms with van der Waals surface area (Å²) in [5.74, 6) is 0.307. The summed E-state index contributed by atoms with van der Waals surface area (Å²) in [6, 6.07) is 4.21. The Labute approximate surface area is 121 Å². The fraction of sp³-hybridized carbons (Fsp3) is 0.647. The molecule has 1 aromatic rings. The van der Waals surface area contributed by atoms with E-state index < -0.39 is 0 Å². The van der Waals surface area contributed by atoms with E-state index in [1.807, 2.05) is 6.07 Å². The average molecular weight is 279 g/mol. The Hall–Kier alpha value is -0.530. The van der Waals surface area contributed by atoms with Gasteiger partial charge in [0.1, 0.15) is 0 Å². The molecule has 3 atom stereocenters. The molecule has 1 saturated carbocycles. The second-order valence-electron chi connectivity index (χ2n) is 7.37. The maximum absolute atomic E-state index is 10.8. The summed E-state index contributed by atoms with van der Waals surface area (Å²) in [6.45, 7) is 9.00.